The van der Waals surface area contributed by atoms with Crippen LogP contribution in [0, 0.1) is 0 Å². The number of aromatic nitrogens is 1. The summed E-state index contributed by atoms with van der Waals surface area (Å²) >= 11 is 0. The first kappa shape index (κ1) is 11.2. The Morgan fingerprint density at radius 3 is 3.00 bits per heavy atom. The highest BCUT2D eigenvalue weighted by Gasteiger charge is 2.07. The van der Waals surface area contributed by atoms with Crippen molar-refractivity contribution in [3.63, 3.8) is 0 Å². The molecule has 1 aromatic rings. The van der Waals surface area contributed by atoms with Crippen LogP contribution in [0.15, 0.2) is 16.8 Å². The van der Waals surface area contributed by atoms with E-state index in [9.17, 15) is 0 Å². The van der Waals surface area contributed by atoms with Crippen molar-refractivity contribution in [3.05, 3.63) is 18.0 Å². The molecule has 0 aliphatic heterocycles. The predicted molar refractivity (Wildman–Crippen MR) is 50.7 cm³/mol. The molecule has 5 nitrogen and oxygen atoms in total. The van der Waals surface area contributed by atoms with Crippen LogP contribution in [0.2, 0.25) is 0 Å². The molecule has 0 unspecified atom stereocenters. The summed E-state index contributed by atoms with van der Waals surface area (Å²) in [5, 5.41) is 12.5. The number of aliphatic hydroxyl groups excluding tert-OH is 1. The topological polar surface area (TPSA) is 58.7 Å². The van der Waals surface area contributed by atoms with Gasteiger partial charge in [0.25, 0.3) is 0 Å². The Morgan fingerprint density at radius 1 is 1.57 bits per heavy atom. The second-order valence-electron chi connectivity index (χ2n) is 2.97. The molecule has 0 radical (unpaired) electrons. The molecule has 0 amide bonds. The van der Waals surface area contributed by atoms with Crippen molar-refractivity contribution in [2.24, 2.45) is 0 Å². The number of methoxy groups -OCH3 is 1. The third-order valence-corrected chi connectivity index (χ3v) is 1.90. The van der Waals surface area contributed by atoms with Crippen molar-refractivity contribution < 1.29 is 14.4 Å². The van der Waals surface area contributed by atoms with Gasteiger partial charge in [-0.3, -0.25) is 4.90 Å². The minimum absolute atomic E-state index is 0.137. The summed E-state index contributed by atoms with van der Waals surface area (Å²) in [4.78, 5) is 2.05. The zero-order valence-corrected chi connectivity index (χ0v) is 8.35. The fourth-order valence-electron chi connectivity index (χ4n) is 1.18. The lowest BCUT2D eigenvalue weighted by Crippen LogP contribution is -2.29. The van der Waals surface area contributed by atoms with E-state index >= 15 is 0 Å². The van der Waals surface area contributed by atoms with E-state index in [1.165, 1.54) is 0 Å². The van der Waals surface area contributed by atoms with Crippen molar-refractivity contribution in [3.8, 4) is 0 Å². The van der Waals surface area contributed by atoms with Crippen LogP contribution < -0.4 is 0 Å². The molecule has 5 heteroatoms. The molecular weight excluding hydrogens is 184 g/mol. The second-order valence-corrected chi connectivity index (χ2v) is 2.97. The third-order valence-electron chi connectivity index (χ3n) is 1.90. The number of rotatable bonds is 7. The largest absolute Gasteiger partial charge is 0.395 e. The Labute approximate surface area is 83.3 Å². The third kappa shape index (κ3) is 3.87. The van der Waals surface area contributed by atoms with Gasteiger partial charge in [-0.05, 0) is 0 Å². The Balaban J connectivity index is 2.34. The van der Waals surface area contributed by atoms with Gasteiger partial charge >= 0.3 is 0 Å². The van der Waals surface area contributed by atoms with Gasteiger partial charge in [0.05, 0.1) is 26.0 Å². The van der Waals surface area contributed by atoms with Gasteiger partial charge in [-0.1, -0.05) is 5.16 Å². The fraction of sp³-hybridized carbons (Fsp3) is 0.667. The van der Waals surface area contributed by atoms with E-state index in [2.05, 4.69) is 5.16 Å². The van der Waals surface area contributed by atoms with E-state index < -0.39 is 0 Å². The summed E-state index contributed by atoms with van der Waals surface area (Å²) in [5.41, 5.74) is 0. The average molecular weight is 200 g/mol. The maximum absolute atomic E-state index is 8.84. The van der Waals surface area contributed by atoms with Gasteiger partial charge < -0.3 is 14.4 Å². The van der Waals surface area contributed by atoms with Gasteiger partial charge in [0, 0.05) is 26.3 Å². The molecule has 1 heterocycles. The molecule has 14 heavy (non-hydrogen) atoms. The first-order chi connectivity index (χ1) is 6.86. The van der Waals surface area contributed by atoms with E-state index in [1.54, 1.807) is 13.3 Å². The van der Waals surface area contributed by atoms with Crippen molar-refractivity contribution in [2.45, 2.75) is 6.54 Å². The number of hydrogen-bond donors (Lipinski definition) is 1. The summed E-state index contributed by atoms with van der Waals surface area (Å²) < 4.78 is 9.94. The van der Waals surface area contributed by atoms with Gasteiger partial charge in [0.1, 0.15) is 0 Å². The highest BCUT2D eigenvalue weighted by molar-refractivity contribution is 4.92. The number of ether oxygens (including phenoxy) is 1. The maximum Gasteiger partial charge on any atom is 0.150 e. The quantitative estimate of drug-likeness (QED) is 0.677. The van der Waals surface area contributed by atoms with E-state index in [1.807, 2.05) is 11.0 Å². The summed E-state index contributed by atoms with van der Waals surface area (Å²) in [6, 6.07) is 1.82. The monoisotopic (exact) mass is 200 g/mol. The van der Waals surface area contributed by atoms with Crippen LogP contribution in [-0.4, -0.2) is 48.6 Å². The van der Waals surface area contributed by atoms with Crippen LogP contribution >= 0.6 is 0 Å². The molecule has 0 saturated heterocycles. The van der Waals surface area contributed by atoms with E-state index in [0.717, 1.165) is 12.3 Å². The predicted octanol–water partition coefficient (Wildman–Crippen LogP) is 0.115. The molecule has 0 aliphatic rings. The lowest BCUT2D eigenvalue weighted by Gasteiger charge is -2.18. The first-order valence-corrected chi connectivity index (χ1v) is 4.58. The molecule has 0 fully saturated rings. The van der Waals surface area contributed by atoms with Crippen molar-refractivity contribution in [1.82, 2.24) is 10.1 Å². The lowest BCUT2D eigenvalue weighted by molar-refractivity contribution is 0.120. The molecule has 1 N–H and O–H groups in total. The van der Waals surface area contributed by atoms with Gasteiger partial charge in [-0.15, -0.1) is 0 Å². The fourth-order valence-corrected chi connectivity index (χ4v) is 1.18. The standard InChI is InChI=1S/C9H16N2O3/c1-13-7-5-11(4-6-12)8-9-2-3-10-14-9/h2-3,12H,4-8H2,1H3. The SMILES string of the molecule is COCCN(CCO)Cc1ccno1. The Hall–Kier alpha value is -0.910. The van der Waals surface area contributed by atoms with Crippen LogP contribution in [0.25, 0.3) is 0 Å². The Morgan fingerprint density at radius 2 is 2.43 bits per heavy atom. The molecule has 1 aromatic heterocycles. The Kier molecular flexibility index (Phi) is 5.21. The lowest BCUT2D eigenvalue weighted by atomic mass is 10.4. The van der Waals surface area contributed by atoms with Crippen LogP contribution in [0.1, 0.15) is 5.76 Å². The normalized spacial score (nSPS) is 11.1. The maximum atomic E-state index is 8.84. The smallest absolute Gasteiger partial charge is 0.150 e. The summed E-state index contributed by atoms with van der Waals surface area (Å²) in [5.74, 6) is 0.801. The highest BCUT2D eigenvalue weighted by atomic mass is 16.5. The van der Waals surface area contributed by atoms with Gasteiger partial charge in [-0.2, -0.15) is 0 Å². The molecule has 0 bridgehead atoms. The molecule has 0 saturated carbocycles. The van der Waals surface area contributed by atoms with E-state index in [0.29, 0.717) is 19.7 Å². The van der Waals surface area contributed by atoms with Crippen LogP contribution in [0.4, 0.5) is 0 Å². The van der Waals surface area contributed by atoms with Crippen molar-refractivity contribution in [2.75, 3.05) is 33.4 Å². The molecule has 0 spiro atoms. The van der Waals surface area contributed by atoms with Crippen LogP contribution in [0.3, 0.4) is 0 Å². The molecule has 0 atom stereocenters. The molecule has 80 valence electrons. The summed E-state index contributed by atoms with van der Waals surface area (Å²) in [7, 11) is 1.66. The first-order valence-electron chi connectivity index (χ1n) is 4.58. The number of nitrogens with zero attached hydrogens (tertiary/aromatic N) is 2. The highest BCUT2D eigenvalue weighted by Crippen LogP contribution is 2.02. The molecule has 0 aromatic carbocycles. The van der Waals surface area contributed by atoms with Gasteiger partial charge in [-0.25, -0.2) is 0 Å². The minimum Gasteiger partial charge on any atom is -0.395 e. The van der Waals surface area contributed by atoms with Gasteiger partial charge in [0.15, 0.2) is 5.76 Å². The van der Waals surface area contributed by atoms with Crippen molar-refractivity contribution in [1.29, 1.82) is 0 Å². The molecular formula is C9H16N2O3. The van der Waals surface area contributed by atoms with E-state index in [-0.39, 0.29) is 6.61 Å². The minimum atomic E-state index is 0.137. The Bertz CT molecular complexity index is 226. The van der Waals surface area contributed by atoms with Crippen LogP contribution in [-0.2, 0) is 11.3 Å². The van der Waals surface area contributed by atoms with E-state index in [4.69, 9.17) is 14.4 Å². The summed E-state index contributed by atoms with van der Waals surface area (Å²) in [6.07, 6.45) is 1.61. The number of hydrogen-bond acceptors (Lipinski definition) is 5. The van der Waals surface area contributed by atoms with Gasteiger partial charge in [0.2, 0.25) is 0 Å². The zero-order chi connectivity index (χ0) is 10.2. The van der Waals surface area contributed by atoms with Crippen LogP contribution in [0.5, 0.6) is 0 Å². The summed E-state index contributed by atoms with van der Waals surface area (Å²) in [6.45, 7) is 2.83. The molecule has 1 rings (SSSR count). The average Bonchev–Trinajstić information content (AvgIpc) is 2.67. The second kappa shape index (κ2) is 6.53. The van der Waals surface area contributed by atoms with Crippen molar-refractivity contribution >= 4 is 0 Å². The number of aliphatic hydroxyl groups is 1. The zero-order valence-electron chi connectivity index (χ0n) is 8.35. The molecule has 0 aliphatic carbocycles.